The van der Waals surface area contributed by atoms with E-state index in [-0.39, 0.29) is 17.0 Å². The minimum Gasteiger partial charge on any atom is -0.493 e. The van der Waals surface area contributed by atoms with Crippen LogP contribution in [0.4, 0.5) is 0 Å². The van der Waals surface area contributed by atoms with E-state index in [1.54, 1.807) is 26.4 Å². The molecule has 0 aliphatic rings. The van der Waals surface area contributed by atoms with Gasteiger partial charge in [-0.3, -0.25) is 4.79 Å². The number of aromatic amines is 1. The van der Waals surface area contributed by atoms with Crippen LogP contribution in [0.25, 0.3) is 10.9 Å². The van der Waals surface area contributed by atoms with Gasteiger partial charge in [0.05, 0.1) is 31.7 Å². The Balaban J connectivity index is 1.86. The summed E-state index contributed by atoms with van der Waals surface area (Å²) in [5.41, 5.74) is 3.03. The average Bonchev–Trinajstić information content (AvgIpc) is 2.72. The Morgan fingerprint density at radius 3 is 2.19 bits per heavy atom. The number of ether oxygens (including phenoxy) is 2. The summed E-state index contributed by atoms with van der Waals surface area (Å²) in [5.74, 6) is 2.01. The summed E-state index contributed by atoms with van der Waals surface area (Å²) in [6.45, 7) is 11.5. The van der Waals surface area contributed by atoms with Crippen LogP contribution in [-0.4, -0.2) is 24.2 Å². The third kappa shape index (κ3) is 5.07. The van der Waals surface area contributed by atoms with Gasteiger partial charge in [0.15, 0.2) is 11.5 Å². The molecule has 0 amide bonds. The van der Waals surface area contributed by atoms with Gasteiger partial charge >= 0.3 is 0 Å². The first kappa shape index (κ1) is 22.8. The van der Waals surface area contributed by atoms with Crippen LogP contribution in [0, 0.1) is 5.92 Å². The standard InChI is InChI=1S/C25H33N3O3/c1-15(2)23(16-8-10-17(11-9-16)25(3,4)5)26-14-22-27-19-13-21(31-7)20(30-6)12-18(19)24(29)28-22/h8-13,15,23,26H,14H2,1-7H3,(H,27,28,29). The second-order valence-corrected chi connectivity index (χ2v) is 9.21. The quantitative estimate of drug-likeness (QED) is 0.575. The highest BCUT2D eigenvalue weighted by Gasteiger charge is 2.19. The number of hydrogen-bond donors (Lipinski definition) is 2. The van der Waals surface area contributed by atoms with Gasteiger partial charge in [0.1, 0.15) is 5.82 Å². The Labute approximate surface area is 184 Å². The highest BCUT2D eigenvalue weighted by molar-refractivity contribution is 5.81. The molecule has 0 bridgehead atoms. The lowest BCUT2D eigenvalue weighted by Gasteiger charge is -2.25. The molecule has 1 unspecified atom stereocenters. The number of aromatic nitrogens is 2. The Kier molecular flexibility index (Phi) is 6.70. The molecule has 1 aromatic heterocycles. The molecule has 6 heteroatoms. The third-order valence-electron chi connectivity index (χ3n) is 5.55. The lowest BCUT2D eigenvalue weighted by atomic mass is 9.85. The first-order valence-corrected chi connectivity index (χ1v) is 10.6. The van der Waals surface area contributed by atoms with Gasteiger partial charge in [-0.15, -0.1) is 0 Å². The van der Waals surface area contributed by atoms with Crippen LogP contribution in [-0.2, 0) is 12.0 Å². The number of benzene rings is 2. The Bertz CT molecular complexity index is 1100. The topological polar surface area (TPSA) is 76.2 Å². The van der Waals surface area contributed by atoms with Gasteiger partial charge < -0.3 is 19.8 Å². The average molecular weight is 424 g/mol. The SMILES string of the molecule is COc1cc2nc(CNC(c3ccc(C(C)(C)C)cc3)C(C)C)[nH]c(=O)c2cc1OC. The van der Waals surface area contributed by atoms with Crippen molar-refractivity contribution in [2.45, 2.75) is 52.6 Å². The molecule has 0 aliphatic carbocycles. The molecule has 0 radical (unpaired) electrons. The predicted octanol–water partition coefficient (Wildman–Crippen LogP) is 4.72. The first-order valence-electron chi connectivity index (χ1n) is 10.6. The van der Waals surface area contributed by atoms with Crippen molar-refractivity contribution >= 4 is 10.9 Å². The minimum absolute atomic E-state index is 0.123. The predicted molar refractivity (Wildman–Crippen MR) is 125 cm³/mol. The number of nitrogens with one attached hydrogen (secondary N) is 2. The van der Waals surface area contributed by atoms with Crippen molar-refractivity contribution in [2.75, 3.05) is 14.2 Å². The summed E-state index contributed by atoms with van der Waals surface area (Å²) in [6.07, 6.45) is 0. The lowest BCUT2D eigenvalue weighted by molar-refractivity contribution is 0.355. The molecule has 2 N–H and O–H groups in total. The van der Waals surface area contributed by atoms with Crippen molar-refractivity contribution in [3.63, 3.8) is 0 Å². The summed E-state index contributed by atoms with van der Waals surface area (Å²) < 4.78 is 10.6. The Morgan fingerprint density at radius 2 is 1.65 bits per heavy atom. The van der Waals surface area contributed by atoms with Gasteiger partial charge in [-0.25, -0.2) is 4.98 Å². The number of rotatable bonds is 7. The van der Waals surface area contributed by atoms with E-state index in [1.807, 2.05) is 0 Å². The van der Waals surface area contributed by atoms with E-state index in [0.29, 0.717) is 40.7 Å². The second-order valence-electron chi connectivity index (χ2n) is 9.21. The van der Waals surface area contributed by atoms with Gasteiger partial charge in [-0.05, 0) is 28.5 Å². The molecule has 1 heterocycles. The van der Waals surface area contributed by atoms with Crippen LogP contribution < -0.4 is 20.3 Å². The summed E-state index contributed by atoms with van der Waals surface area (Å²) in [4.78, 5) is 20.2. The molecule has 2 aromatic carbocycles. The first-order chi connectivity index (χ1) is 14.6. The van der Waals surface area contributed by atoms with Crippen molar-refractivity contribution in [3.05, 3.63) is 63.7 Å². The maximum Gasteiger partial charge on any atom is 0.258 e. The lowest BCUT2D eigenvalue weighted by Crippen LogP contribution is -2.27. The van der Waals surface area contributed by atoms with Crippen LogP contribution in [0.15, 0.2) is 41.2 Å². The summed E-state index contributed by atoms with van der Waals surface area (Å²) >= 11 is 0. The van der Waals surface area contributed by atoms with Gasteiger partial charge in [0.25, 0.3) is 5.56 Å². The molecule has 166 valence electrons. The van der Waals surface area contributed by atoms with Crippen LogP contribution in [0.3, 0.4) is 0 Å². The number of fused-ring (bicyclic) bond motifs is 1. The fraction of sp³-hybridized carbons (Fsp3) is 0.440. The zero-order valence-corrected chi connectivity index (χ0v) is 19.5. The van der Waals surface area contributed by atoms with Crippen LogP contribution >= 0.6 is 0 Å². The van der Waals surface area contributed by atoms with Crippen molar-refractivity contribution in [2.24, 2.45) is 5.92 Å². The minimum atomic E-state index is -0.196. The number of methoxy groups -OCH3 is 2. The van der Waals surface area contributed by atoms with E-state index in [4.69, 9.17) is 9.47 Å². The highest BCUT2D eigenvalue weighted by Crippen LogP contribution is 2.30. The van der Waals surface area contributed by atoms with Crippen molar-refractivity contribution < 1.29 is 9.47 Å². The van der Waals surface area contributed by atoms with Crippen molar-refractivity contribution in [1.29, 1.82) is 0 Å². The maximum atomic E-state index is 12.6. The van der Waals surface area contributed by atoms with E-state index in [0.717, 1.165) is 0 Å². The molecule has 0 fully saturated rings. The summed E-state index contributed by atoms with van der Waals surface area (Å²) in [5, 5.41) is 4.04. The highest BCUT2D eigenvalue weighted by atomic mass is 16.5. The van der Waals surface area contributed by atoms with Crippen LogP contribution in [0.2, 0.25) is 0 Å². The Morgan fingerprint density at radius 1 is 1.03 bits per heavy atom. The van der Waals surface area contributed by atoms with Crippen molar-refractivity contribution in [3.8, 4) is 11.5 Å². The summed E-state index contributed by atoms with van der Waals surface area (Å²) in [6, 6.07) is 12.3. The van der Waals surface area contributed by atoms with Crippen LogP contribution in [0.1, 0.15) is 57.6 Å². The largest absolute Gasteiger partial charge is 0.493 e. The molecule has 3 aromatic rings. The number of H-pyrrole nitrogens is 1. The second kappa shape index (κ2) is 9.10. The number of hydrogen-bond acceptors (Lipinski definition) is 5. The van der Waals surface area contributed by atoms with Gasteiger partial charge in [0, 0.05) is 12.1 Å². The molecule has 31 heavy (non-hydrogen) atoms. The third-order valence-corrected chi connectivity index (χ3v) is 5.55. The van der Waals surface area contributed by atoms with E-state index in [9.17, 15) is 4.79 Å². The molecule has 0 aliphatic heterocycles. The fourth-order valence-corrected chi connectivity index (χ4v) is 3.73. The molecular formula is C25H33N3O3. The monoisotopic (exact) mass is 423 g/mol. The zero-order chi connectivity index (χ0) is 22.8. The van der Waals surface area contributed by atoms with Gasteiger partial charge in [-0.2, -0.15) is 0 Å². The Hall–Kier alpha value is -2.86. The normalized spacial score (nSPS) is 12.9. The van der Waals surface area contributed by atoms with Crippen molar-refractivity contribution in [1.82, 2.24) is 15.3 Å². The fourth-order valence-electron chi connectivity index (χ4n) is 3.73. The van der Waals surface area contributed by atoms with Gasteiger partial charge in [-0.1, -0.05) is 58.9 Å². The zero-order valence-electron chi connectivity index (χ0n) is 19.5. The maximum absolute atomic E-state index is 12.6. The molecule has 0 saturated carbocycles. The van der Waals surface area contributed by atoms with E-state index in [2.05, 4.69) is 74.2 Å². The molecule has 3 rings (SSSR count). The molecule has 0 spiro atoms. The van der Waals surface area contributed by atoms with E-state index in [1.165, 1.54) is 11.1 Å². The van der Waals surface area contributed by atoms with Crippen LogP contribution in [0.5, 0.6) is 11.5 Å². The molecular weight excluding hydrogens is 390 g/mol. The van der Waals surface area contributed by atoms with E-state index < -0.39 is 0 Å². The van der Waals surface area contributed by atoms with E-state index >= 15 is 0 Å². The summed E-state index contributed by atoms with van der Waals surface area (Å²) in [7, 11) is 3.11. The smallest absolute Gasteiger partial charge is 0.258 e. The molecule has 0 saturated heterocycles. The molecule has 1 atom stereocenters. The van der Waals surface area contributed by atoms with Gasteiger partial charge in [0.2, 0.25) is 0 Å². The number of nitrogens with zero attached hydrogens (tertiary/aromatic N) is 1. The molecule has 6 nitrogen and oxygen atoms in total.